The maximum Gasteiger partial charge on any atom is 0.369 e. The Morgan fingerprint density at radius 1 is 1.14 bits per heavy atom. The molecular formula is C18H24IOS+. The van der Waals surface area contributed by atoms with E-state index in [0.29, 0.717) is 5.92 Å². The Hall–Kier alpha value is -0.550. The van der Waals surface area contributed by atoms with Crippen molar-refractivity contribution in [3.8, 4) is 5.75 Å². The van der Waals surface area contributed by atoms with Crippen LogP contribution in [0.3, 0.4) is 0 Å². The van der Waals surface area contributed by atoms with Crippen molar-refractivity contribution in [3.05, 3.63) is 48.2 Å². The van der Waals surface area contributed by atoms with Gasteiger partial charge in [0.2, 0.25) is 2.88 Å². The molecule has 2 aromatic rings. The van der Waals surface area contributed by atoms with Gasteiger partial charge in [0.05, 0.1) is 6.61 Å². The molecular weight excluding hydrogens is 391 g/mol. The lowest BCUT2D eigenvalue weighted by Gasteiger charge is -2.15. The predicted octanol–water partition coefficient (Wildman–Crippen LogP) is 2.47. The molecule has 2 rings (SSSR count). The fraction of sp³-hybridized carbons (Fsp3) is 0.444. The number of halogens is 1. The van der Waals surface area contributed by atoms with Crippen molar-refractivity contribution in [1.82, 2.24) is 0 Å². The molecule has 0 amide bonds. The summed E-state index contributed by atoms with van der Waals surface area (Å²) in [6.07, 6.45) is 5.08. The van der Waals surface area contributed by atoms with E-state index in [0.717, 1.165) is 12.4 Å². The standard InChI is InChI=1S/C18H24IOS/c1-3-5-7-15(4-2)14-20-17-11-9-16(10-12-17)19-18-8-6-13-21-18/h6,8-13,15H,3-5,7,14H2,1-2H3/q+1. The molecule has 1 aromatic heterocycles. The number of rotatable bonds is 9. The van der Waals surface area contributed by atoms with E-state index in [2.05, 4.69) is 55.6 Å². The van der Waals surface area contributed by atoms with Crippen molar-refractivity contribution in [2.24, 2.45) is 5.92 Å². The van der Waals surface area contributed by atoms with Gasteiger partial charge in [-0.25, -0.2) is 0 Å². The summed E-state index contributed by atoms with van der Waals surface area (Å²) in [4.78, 5) is 0. The van der Waals surface area contributed by atoms with Crippen LogP contribution in [0.25, 0.3) is 0 Å². The van der Waals surface area contributed by atoms with Crippen LogP contribution in [0.15, 0.2) is 41.8 Å². The molecule has 0 bridgehead atoms. The Morgan fingerprint density at radius 2 is 1.95 bits per heavy atom. The van der Waals surface area contributed by atoms with E-state index in [4.69, 9.17) is 4.74 Å². The van der Waals surface area contributed by atoms with Gasteiger partial charge in [-0.1, -0.05) is 44.4 Å². The molecule has 1 atom stereocenters. The second-order valence-corrected chi connectivity index (χ2v) is 9.82. The molecule has 1 heterocycles. The minimum absolute atomic E-state index is 0.0177. The van der Waals surface area contributed by atoms with E-state index < -0.39 is 0 Å². The van der Waals surface area contributed by atoms with Crippen molar-refractivity contribution in [3.63, 3.8) is 0 Å². The first-order chi connectivity index (χ1) is 10.3. The predicted molar refractivity (Wildman–Crippen MR) is 87.0 cm³/mol. The van der Waals surface area contributed by atoms with Crippen molar-refractivity contribution in [1.29, 1.82) is 0 Å². The third-order valence-electron chi connectivity index (χ3n) is 3.53. The van der Waals surface area contributed by atoms with Gasteiger partial charge in [-0.3, -0.25) is 0 Å². The Balaban J connectivity index is 1.81. The molecule has 3 heteroatoms. The highest BCUT2D eigenvalue weighted by Crippen LogP contribution is 2.16. The van der Waals surface area contributed by atoms with Gasteiger partial charge in [-0.05, 0) is 48.1 Å². The van der Waals surface area contributed by atoms with Gasteiger partial charge in [0, 0.05) is 6.07 Å². The average molecular weight is 415 g/mol. The summed E-state index contributed by atoms with van der Waals surface area (Å²) in [5.41, 5.74) is 0. The number of ether oxygens (including phenoxy) is 1. The maximum atomic E-state index is 5.96. The lowest BCUT2D eigenvalue weighted by Crippen LogP contribution is -3.61. The van der Waals surface area contributed by atoms with E-state index in [1.165, 1.54) is 32.1 Å². The summed E-state index contributed by atoms with van der Waals surface area (Å²) >= 11 is 1.85. The van der Waals surface area contributed by atoms with E-state index in [9.17, 15) is 0 Å². The zero-order valence-electron chi connectivity index (χ0n) is 12.8. The van der Waals surface area contributed by atoms with Crippen LogP contribution in [0.2, 0.25) is 0 Å². The molecule has 114 valence electrons. The van der Waals surface area contributed by atoms with Gasteiger partial charge in [-0.2, -0.15) is 0 Å². The second-order valence-electron chi connectivity index (χ2n) is 5.19. The first-order valence-corrected chi connectivity index (χ1v) is 10.8. The molecule has 21 heavy (non-hydrogen) atoms. The van der Waals surface area contributed by atoms with Gasteiger partial charge in [0.1, 0.15) is 5.75 Å². The van der Waals surface area contributed by atoms with Crippen LogP contribution >= 0.6 is 11.3 Å². The number of hydrogen-bond acceptors (Lipinski definition) is 2. The number of hydrogen-bond donors (Lipinski definition) is 0. The monoisotopic (exact) mass is 415 g/mol. The highest BCUT2D eigenvalue weighted by atomic mass is 127. The largest absolute Gasteiger partial charge is 0.493 e. The normalized spacial score (nSPS) is 12.3. The quantitative estimate of drug-likeness (QED) is 0.572. The maximum absolute atomic E-state index is 5.96. The highest BCUT2D eigenvalue weighted by molar-refractivity contribution is 7.07. The van der Waals surface area contributed by atoms with Crippen LogP contribution in [-0.2, 0) is 0 Å². The summed E-state index contributed by atoms with van der Waals surface area (Å²) in [5.74, 6) is 1.71. The molecule has 0 aliphatic rings. The van der Waals surface area contributed by atoms with Crippen molar-refractivity contribution in [2.45, 2.75) is 39.5 Å². The molecule has 0 saturated heterocycles. The fourth-order valence-corrected chi connectivity index (χ4v) is 5.75. The van der Waals surface area contributed by atoms with E-state index in [-0.39, 0.29) is 21.2 Å². The van der Waals surface area contributed by atoms with Crippen LogP contribution in [-0.4, -0.2) is 6.61 Å². The molecule has 0 saturated carbocycles. The van der Waals surface area contributed by atoms with Crippen molar-refractivity contribution in [2.75, 3.05) is 6.61 Å². The molecule has 0 fully saturated rings. The zero-order chi connectivity index (χ0) is 14.9. The minimum Gasteiger partial charge on any atom is -0.493 e. The molecule has 1 aromatic carbocycles. The van der Waals surface area contributed by atoms with Crippen LogP contribution in [0, 0.1) is 12.4 Å². The third-order valence-corrected chi connectivity index (χ3v) is 7.70. The van der Waals surface area contributed by atoms with Gasteiger partial charge < -0.3 is 4.74 Å². The summed E-state index contributed by atoms with van der Waals surface area (Å²) in [5, 5.41) is 2.16. The molecule has 0 aliphatic heterocycles. The topological polar surface area (TPSA) is 9.23 Å². The Kier molecular flexibility index (Phi) is 7.58. The smallest absolute Gasteiger partial charge is 0.369 e. The summed E-state index contributed by atoms with van der Waals surface area (Å²) in [7, 11) is 0. The minimum atomic E-state index is -0.0177. The van der Waals surface area contributed by atoms with E-state index >= 15 is 0 Å². The van der Waals surface area contributed by atoms with Gasteiger partial charge >= 0.3 is 21.2 Å². The van der Waals surface area contributed by atoms with Crippen LogP contribution < -0.4 is 25.9 Å². The van der Waals surface area contributed by atoms with E-state index in [1.54, 1.807) is 0 Å². The summed E-state index contributed by atoms with van der Waals surface area (Å²) in [6, 6.07) is 13.1. The Bertz CT molecular complexity index is 492. The van der Waals surface area contributed by atoms with Gasteiger partial charge in [0.15, 0.2) is 3.57 Å². The molecule has 0 aliphatic carbocycles. The summed E-state index contributed by atoms with van der Waals surface area (Å²) < 4.78 is 8.94. The van der Waals surface area contributed by atoms with Crippen LogP contribution in [0.4, 0.5) is 0 Å². The van der Waals surface area contributed by atoms with Crippen LogP contribution in [0.1, 0.15) is 39.5 Å². The van der Waals surface area contributed by atoms with E-state index in [1.807, 2.05) is 11.3 Å². The first kappa shape index (κ1) is 16.8. The van der Waals surface area contributed by atoms with Crippen molar-refractivity contribution >= 4 is 11.3 Å². The van der Waals surface area contributed by atoms with Crippen LogP contribution in [0.5, 0.6) is 5.75 Å². The third kappa shape index (κ3) is 5.99. The number of unbranched alkanes of at least 4 members (excludes halogenated alkanes) is 1. The zero-order valence-corrected chi connectivity index (χ0v) is 15.8. The van der Waals surface area contributed by atoms with Crippen molar-refractivity contribution < 1.29 is 25.9 Å². The first-order valence-electron chi connectivity index (χ1n) is 7.73. The molecule has 0 N–H and O–H groups in total. The lowest BCUT2D eigenvalue weighted by molar-refractivity contribution is -0.591. The SMILES string of the molecule is CCCCC(CC)COc1ccc([I+]c2cccs2)cc1. The number of thiophene rings is 1. The van der Waals surface area contributed by atoms with Gasteiger partial charge in [-0.15, -0.1) is 0 Å². The lowest BCUT2D eigenvalue weighted by atomic mass is 10.0. The molecule has 0 radical (unpaired) electrons. The molecule has 0 spiro atoms. The highest BCUT2D eigenvalue weighted by Gasteiger charge is 2.16. The molecule has 1 nitrogen and oxygen atoms in total. The number of benzene rings is 1. The average Bonchev–Trinajstić information content (AvgIpc) is 3.02. The molecule has 1 unspecified atom stereocenters. The fourth-order valence-electron chi connectivity index (χ4n) is 2.13. The Labute approximate surface area is 143 Å². The van der Waals surface area contributed by atoms with Gasteiger partial charge in [0.25, 0.3) is 0 Å². The second kappa shape index (κ2) is 9.46. The summed E-state index contributed by atoms with van der Waals surface area (Å²) in [6.45, 7) is 5.37. The Morgan fingerprint density at radius 3 is 2.57 bits per heavy atom.